The van der Waals surface area contributed by atoms with E-state index in [1.807, 2.05) is 13.8 Å². The molecule has 1 aromatic rings. The van der Waals surface area contributed by atoms with Crippen molar-refractivity contribution < 1.29 is 0 Å². The molecule has 78 valence electrons. The van der Waals surface area contributed by atoms with Crippen molar-refractivity contribution in [1.29, 1.82) is 0 Å². The summed E-state index contributed by atoms with van der Waals surface area (Å²) in [5, 5.41) is 0. The summed E-state index contributed by atoms with van der Waals surface area (Å²) in [5.41, 5.74) is 8.78. The molecule has 0 fully saturated rings. The van der Waals surface area contributed by atoms with Crippen LogP contribution in [0.15, 0.2) is 0 Å². The first-order chi connectivity index (χ1) is 6.69. The molecule has 0 aliphatic heterocycles. The molecule has 0 spiro atoms. The van der Waals surface area contributed by atoms with Gasteiger partial charge in [-0.25, -0.2) is 9.97 Å². The van der Waals surface area contributed by atoms with Crippen molar-refractivity contribution in [2.24, 2.45) is 5.73 Å². The van der Waals surface area contributed by atoms with E-state index in [2.05, 4.69) is 16.9 Å². The zero-order valence-electron chi connectivity index (χ0n) is 9.30. The molecule has 0 aliphatic carbocycles. The number of nitrogens with zero attached hydrogens (tertiary/aromatic N) is 2. The molecule has 1 rings (SSSR count). The topological polar surface area (TPSA) is 51.8 Å². The van der Waals surface area contributed by atoms with Crippen molar-refractivity contribution in [3.8, 4) is 0 Å². The summed E-state index contributed by atoms with van der Waals surface area (Å²) in [7, 11) is 0. The van der Waals surface area contributed by atoms with Crippen LogP contribution in [0.1, 0.15) is 42.5 Å². The predicted molar refractivity (Wildman–Crippen MR) is 58.0 cm³/mol. The standard InChI is InChI=1S/C11H19N3/c1-4-5-6-11-13-8(2)10(7-12)9(3)14-11/h4-7,12H2,1-3H3. The Bertz CT molecular complexity index is 284. The first-order valence-corrected chi connectivity index (χ1v) is 5.22. The summed E-state index contributed by atoms with van der Waals surface area (Å²) in [6.45, 7) is 6.72. The fraction of sp³-hybridized carbons (Fsp3) is 0.636. The van der Waals surface area contributed by atoms with E-state index in [1.165, 1.54) is 6.42 Å². The molecule has 1 heterocycles. The van der Waals surface area contributed by atoms with Gasteiger partial charge in [-0.1, -0.05) is 13.3 Å². The summed E-state index contributed by atoms with van der Waals surface area (Å²) in [4.78, 5) is 8.90. The highest BCUT2D eigenvalue weighted by Crippen LogP contribution is 2.10. The van der Waals surface area contributed by atoms with E-state index in [1.54, 1.807) is 0 Å². The van der Waals surface area contributed by atoms with Gasteiger partial charge in [0.05, 0.1) is 0 Å². The van der Waals surface area contributed by atoms with Crippen LogP contribution >= 0.6 is 0 Å². The SMILES string of the molecule is CCCCc1nc(C)c(CN)c(C)n1. The third kappa shape index (κ3) is 2.51. The van der Waals surface area contributed by atoms with Gasteiger partial charge in [-0.05, 0) is 20.3 Å². The Morgan fingerprint density at radius 3 is 2.14 bits per heavy atom. The van der Waals surface area contributed by atoms with Crippen molar-refractivity contribution >= 4 is 0 Å². The number of rotatable bonds is 4. The van der Waals surface area contributed by atoms with Crippen LogP contribution in [0.4, 0.5) is 0 Å². The van der Waals surface area contributed by atoms with Crippen LogP contribution in [0.2, 0.25) is 0 Å². The molecule has 0 unspecified atom stereocenters. The summed E-state index contributed by atoms with van der Waals surface area (Å²) in [6.07, 6.45) is 3.31. The van der Waals surface area contributed by atoms with E-state index < -0.39 is 0 Å². The minimum Gasteiger partial charge on any atom is -0.326 e. The molecular weight excluding hydrogens is 174 g/mol. The van der Waals surface area contributed by atoms with Crippen LogP contribution in [0.25, 0.3) is 0 Å². The number of aryl methyl sites for hydroxylation is 3. The average Bonchev–Trinajstić information content (AvgIpc) is 2.14. The van der Waals surface area contributed by atoms with Gasteiger partial charge in [-0.15, -0.1) is 0 Å². The molecule has 14 heavy (non-hydrogen) atoms. The molecular formula is C11H19N3. The average molecular weight is 193 g/mol. The first-order valence-electron chi connectivity index (χ1n) is 5.22. The Morgan fingerprint density at radius 1 is 1.14 bits per heavy atom. The predicted octanol–water partition coefficient (Wildman–Crippen LogP) is 1.89. The highest BCUT2D eigenvalue weighted by Gasteiger charge is 2.06. The second kappa shape index (κ2) is 5.05. The maximum atomic E-state index is 5.62. The number of aromatic nitrogens is 2. The lowest BCUT2D eigenvalue weighted by atomic mass is 10.1. The quantitative estimate of drug-likeness (QED) is 0.794. The molecule has 0 bridgehead atoms. The summed E-state index contributed by atoms with van der Waals surface area (Å²) in [6, 6.07) is 0. The lowest BCUT2D eigenvalue weighted by Gasteiger charge is -2.08. The highest BCUT2D eigenvalue weighted by molar-refractivity contribution is 5.23. The molecule has 3 heteroatoms. The zero-order chi connectivity index (χ0) is 10.6. The molecule has 3 nitrogen and oxygen atoms in total. The van der Waals surface area contributed by atoms with Gasteiger partial charge in [0.2, 0.25) is 0 Å². The summed E-state index contributed by atoms with van der Waals surface area (Å²) in [5.74, 6) is 0.957. The van der Waals surface area contributed by atoms with Gasteiger partial charge in [0.15, 0.2) is 0 Å². The van der Waals surface area contributed by atoms with E-state index in [-0.39, 0.29) is 0 Å². The van der Waals surface area contributed by atoms with E-state index >= 15 is 0 Å². The maximum absolute atomic E-state index is 5.62. The normalized spacial score (nSPS) is 10.6. The minimum absolute atomic E-state index is 0.533. The molecule has 0 aliphatic rings. The second-order valence-corrected chi connectivity index (χ2v) is 3.60. The Balaban J connectivity index is 2.90. The van der Waals surface area contributed by atoms with Crippen LogP contribution in [-0.4, -0.2) is 9.97 Å². The Kier molecular flexibility index (Phi) is 4.01. The van der Waals surface area contributed by atoms with Crippen LogP contribution < -0.4 is 5.73 Å². The molecule has 2 N–H and O–H groups in total. The molecule has 0 amide bonds. The molecule has 0 saturated heterocycles. The van der Waals surface area contributed by atoms with Gasteiger partial charge >= 0.3 is 0 Å². The van der Waals surface area contributed by atoms with Gasteiger partial charge in [0.25, 0.3) is 0 Å². The molecule has 0 radical (unpaired) electrons. The maximum Gasteiger partial charge on any atom is 0.128 e. The molecule has 1 aromatic heterocycles. The smallest absolute Gasteiger partial charge is 0.128 e. The number of hydrogen-bond donors (Lipinski definition) is 1. The molecule has 0 saturated carbocycles. The van der Waals surface area contributed by atoms with Gasteiger partial charge in [0.1, 0.15) is 5.82 Å². The monoisotopic (exact) mass is 193 g/mol. The van der Waals surface area contributed by atoms with E-state index in [4.69, 9.17) is 5.73 Å². The Morgan fingerprint density at radius 2 is 1.71 bits per heavy atom. The Hall–Kier alpha value is -0.960. The highest BCUT2D eigenvalue weighted by atomic mass is 14.9. The lowest BCUT2D eigenvalue weighted by Crippen LogP contribution is -2.09. The first kappa shape index (κ1) is 11.1. The molecule has 0 atom stereocenters. The number of hydrogen-bond acceptors (Lipinski definition) is 3. The summed E-state index contributed by atoms with van der Waals surface area (Å²) < 4.78 is 0. The van der Waals surface area contributed by atoms with Crippen molar-refractivity contribution in [2.45, 2.75) is 46.6 Å². The summed E-state index contributed by atoms with van der Waals surface area (Å²) >= 11 is 0. The van der Waals surface area contributed by atoms with Gasteiger partial charge in [-0.2, -0.15) is 0 Å². The Labute approximate surface area is 85.8 Å². The van der Waals surface area contributed by atoms with E-state index in [9.17, 15) is 0 Å². The number of nitrogens with two attached hydrogens (primary N) is 1. The molecule has 0 aromatic carbocycles. The second-order valence-electron chi connectivity index (χ2n) is 3.60. The van der Waals surface area contributed by atoms with Crippen LogP contribution in [0, 0.1) is 13.8 Å². The fourth-order valence-corrected chi connectivity index (χ4v) is 1.55. The lowest BCUT2D eigenvalue weighted by molar-refractivity contribution is 0.736. The third-order valence-electron chi connectivity index (χ3n) is 2.43. The van der Waals surface area contributed by atoms with E-state index in [0.29, 0.717) is 6.54 Å². The van der Waals surface area contributed by atoms with Crippen molar-refractivity contribution in [3.05, 3.63) is 22.8 Å². The van der Waals surface area contributed by atoms with Gasteiger partial charge < -0.3 is 5.73 Å². The van der Waals surface area contributed by atoms with Crippen LogP contribution in [0.5, 0.6) is 0 Å². The fourth-order valence-electron chi connectivity index (χ4n) is 1.55. The zero-order valence-corrected chi connectivity index (χ0v) is 9.30. The van der Waals surface area contributed by atoms with Crippen LogP contribution in [0.3, 0.4) is 0 Å². The van der Waals surface area contributed by atoms with Crippen molar-refractivity contribution in [1.82, 2.24) is 9.97 Å². The van der Waals surface area contributed by atoms with Crippen molar-refractivity contribution in [3.63, 3.8) is 0 Å². The van der Waals surface area contributed by atoms with Gasteiger partial charge in [0, 0.05) is 29.9 Å². The minimum atomic E-state index is 0.533. The van der Waals surface area contributed by atoms with Crippen molar-refractivity contribution in [2.75, 3.05) is 0 Å². The third-order valence-corrected chi connectivity index (χ3v) is 2.43. The number of unbranched alkanes of at least 4 members (excludes halogenated alkanes) is 1. The van der Waals surface area contributed by atoms with Crippen LogP contribution in [-0.2, 0) is 13.0 Å². The largest absolute Gasteiger partial charge is 0.326 e. The van der Waals surface area contributed by atoms with Gasteiger partial charge in [-0.3, -0.25) is 0 Å². The van der Waals surface area contributed by atoms with E-state index in [0.717, 1.165) is 35.6 Å².